The number of hydrogen-bond donors (Lipinski definition) is 1. The van der Waals surface area contributed by atoms with Crippen LogP contribution >= 0.6 is 0 Å². The molecule has 0 saturated carbocycles. The number of rotatable bonds is 1. The third-order valence-corrected chi connectivity index (χ3v) is 2.01. The molecule has 0 amide bonds. The molecule has 3 heteroatoms. The van der Waals surface area contributed by atoms with E-state index in [1.165, 1.54) is 6.08 Å². The fourth-order valence-electron chi connectivity index (χ4n) is 1.40. The highest BCUT2D eigenvalue weighted by Crippen LogP contribution is 2.27. The maximum atomic E-state index is 10.1. The quantitative estimate of drug-likeness (QED) is 0.548. The zero-order chi connectivity index (χ0) is 9.97. The van der Waals surface area contributed by atoms with Crippen LogP contribution in [0.25, 0.3) is 10.8 Å². The highest BCUT2D eigenvalue weighted by molar-refractivity contribution is 5.93. The molecule has 0 spiro atoms. The van der Waals surface area contributed by atoms with Crippen molar-refractivity contribution in [1.82, 2.24) is 0 Å². The van der Waals surface area contributed by atoms with Crippen molar-refractivity contribution < 1.29 is 9.90 Å². The number of aromatic hydroxyl groups is 1. The molecule has 0 atom stereocenters. The van der Waals surface area contributed by atoms with E-state index in [9.17, 15) is 9.90 Å². The maximum absolute atomic E-state index is 10.1. The zero-order valence-corrected chi connectivity index (χ0v) is 7.27. The molecule has 2 aromatic rings. The van der Waals surface area contributed by atoms with Crippen LogP contribution in [0.5, 0.6) is 5.75 Å². The molecule has 68 valence electrons. The number of isocyanates is 1. The molecule has 0 unspecified atom stereocenters. The molecule has 0 aromatic heterocycles. The van der Waals surface area contributed by atoms with Crippen molar-refractivity contribution in [2.45, 2.75) is 0 Å². The SMILES string of the molecule is O=C=Nc1cccc2cc(O)ccc12. The van der Waals surface area contributed by atoms with Gasteiger partial charge in [-0.25, -0.2) is 4.79 Å². The molecule has 2 rings (SSSR count). The van der Waals surface area contributed by atoms with Gasteiger partial charge in [0.1, 0.15) is 5.75 Å². The maximum Gasteiger partial charge on any atom is 0.240 e. The summed E-state index contributed by atoms with van der Waals surface area (Å²) in [5, 5.41) is 10.9. The van der Waals surface area contributed by atoms with Gasteiger partial charge < -0.3 is 5.11 Å². The van der Waals surface area contributed by atoms with E-state index in [0.29, 0.717) is 5.69 Å². The fraction of sp³-hybridized carbons (Fsp3) is 0. The topological polar surface area (TPSA) is 49.7 Å². The van der Waals surface area contributed by atoms with E-state index in [2.05, 4.69) is 4.99 Å². The molecular weight excluding hydrogens is 178 g/mol. The molecule has 0 fully saturated rings. The standard InChI is InChI=1S/C11H7NO2/c13-7-12-11-3-1-2-8-6-9(14)4-5-10(8)11/h1-6,14H. The number of benzene rings is 2. The van der Waals surface area contributed by atoms with E-state index in [1.807, 2.05) is 6.07 Å². The Bertz CT molecular complexity index is 528. The minimum absolute atomic E-state index is 0.199. The predicted molar refractivity (Wildman–Crippen MR) is 53.4 cm³/mol. The lowest BCUT2D eigenvalue weighted by Crippen LogP contribution is -1.73. The van der Waals surface area contributed by atoms with Crippen molar-refractivity contribution in [2.24, 2.45) is 4.99 Å². The highest BCUT2D eigenvalue weighted by atomic mass is 16.3. The van der Waals surface area contributed by atoms with Crippen LogP contribution in [0.2, 0.25) is 0 Å². The number of phenols is 1. The molecule has 14 heavy (non-hydrogen) atoms. The van der Waals surface area contributed by atoms with Gasteiger partial charge >= 0.3 is 0 Å². The van der Waals surface area contributed by atoms with E-state index in [1.54, 1.807) is 30.3 Å². The Morgan fingerprint density at radius 1 is 1.21 bits per heavy atom. The van der Waals surface area contributed by atoms with E-state index < -0.39 is 0 Å². The Kier molecular flexibility index (Phi) is 2.01. The molecule has 0 aliphatic carbocycles. The summed E-state index contributed by atoms with van der Waals surface area (Å²) in [5.74, 6) is 0.199. The van der Waals surface area contributed by atoms with E-state index >= 15 is 0 Å². The van der Waals surface area contributed by atoms with E-state index in [4.69, 9.17) is 0 Å². The van der Waals surface area contributed by atoms with Crippen LogP contribution in [0.15, 0.2) is 41.4 Å². The van der Waals surface area contributed by atoms with E-state index in [-0.39, 0.29) is 5.75 Å². The van der Waals surface area contributed by atoms with Crippen molar-refractivity contribution in [3.63, 3.8) is 0 Å². The van der Waals surface area contributed by atoms with Crippen LogP contribution < -0.4 is 0 Å². The lowest BCUT2D eigenvalue weighted by atomic mass is 10.1. The summed E-state index contributed by atoms with van der Waals surface area (Å²) in [6, 6.07) is 10.3. The van der Waals surface area contributed by atoms with Crippen molar-refractivity contribution in [3.05, 3.63) is 36.4 Å². The molecule has 0 bridgehead atoms. The summed E-state index contributed by atoms with van der Waals surface area (Å²) in [6.45, 7) is 0. The largest absolute Gasteiger partial charge is 0.508 e. The lowest BCUT2D eigenvalue weighted by molar-refractivity contribution is 0.476. The minimum Gasteiger partial charge on any atom is -0.508 e. The van der Waals surface area contributed by atoms with Gasteiger partial charge in [0.25, 0.3) is 0 Å². The van der Waals surface area contributed by atoms with Crippen molar-refractivity contribution in [2.75, 3.05) is 0 Å². The Hall–Kier alpha value is -2.12. The lowest BCUT2D eigenvalue weighted by Gasteiger charge is -2.00. The molecule has 0 aliphatic rings. The second kappa shape index (κ2) is 3.32. The predicted octanol–water partition coefficient (Wildman–Crippen LogP) is 2.51. The summed E-state index contributed by atoms with van der Waals surface area (Å²) in [4.78, 5) is 13.7. The first-order chi connectivity index (χ1) is 6.81. The number of hydrogen-bond acceptors (Lipinski definition) is 3. The summed E-state index contributed by atoms with van der Waals surface area (Å²) in [5.41, 5.74) is 0.567. The number of aliphatic imine (C=N–C) groups is 1. The molecule has 2 aromatic carbocycles. The molecule has 0 saturated heterocycles. The molecule has 0 heterocycles. The Morgan fingerprint density at radius 2 is 2.07 bits per heavy atom. The van der Waals surface area contributed by atoms with Crippen LogP contribution in [0.3, 0.4) is 0 Å². The van der Waals surface area contributed by atoms with Crippen LogP contribution in [0.4, 0.5) is 5.69 Å². The second-order valence-corrected chi connectivity index (χ2v) is 2.89. The number of carbonyl (C=O) groups excluding carboxylic acids is 1. The molecule has 3 nitrogen and oxygen atoms in total. The summed E-state index contributed by atoms with van der Waals surface area (Å²) >= 11 is 0. The Morgan fingerprint density at radius 3 is 2.86 bits per heavy atom. The first kappa shape index (κ1) is 8.48. The number of phenolic OH excluding ortho intramolecular Hbond substituents is 1. The molecule has 1 N–H and O–H groups in total. The summed E-state index contributed by atoms with van der Waals surface area (Å²) in [6.07, 6.45) is 1.50. The van der Waals surface area contributed by atoms with Gasteiger partial charge in [-0.05, 0) is 29.7 Å². The van der Waals surface area contributed by atoms with Gasteiger partial charge in [0, 0.05) is 5.39 Å². The summed E-state index contributed by atoms with van der Waals surface area (Å²) < 4.78 is 0. The zero-order valence-electron chi connectivity index (χ0n) is 7.27. The number of fused-ring (bicyclic) bond motifs is 1. The van der Waals surface area contributed by atoms with Crippen LogP contribution in [0.1, 0.15) is 0 Å². The molecule has 0 aliphatic heterocycles. The third kappa shape index (κ3) is 1.37. The fourth-order valence-corrected chi connectivity index (χ4v) is 1.40. The van der Waals surface area contributed by atoms with Gasteiger partial charge in [0.2, 0.25) is 6.08 Å². The average molecular weight is 185 g/mol. The molecular formula is C11H7NO2. The highest BCUT2D eigenvalue weighted by Gasteiger charge is 1.99. The number of nitrogens with zero attached hydrogens (tertiary/aromatic N) is 1. The first-order valence-corrected chi connectivity index (χ1v) is 4.11. The van der Waals surface area contributed by atoms with Gasteiger partial charge in [0.15, 0.2) is 0 Å². The van der Waals surface area contributed by atoms with Crippen LogP contribution in [0, 0.1) is 0 Å². The van der Waals surface area contributed by atoms with E-state index in [0.717, 1.165) is 10.8 Å². The van der Waals surface area contributed by atoms with Gasteiger partial charge in [-0.2, -0.15) is 4.99 Å². The monoisotopic (exact) mass is 185 g/mol. The average Bonchev–Trinajstić information content (AvgIpc) is 2.18. The van der Waals surface area contributed by atoms with Crippen molar-refractivity contribution in [3.8, 4) is 5.75 Å². The minimum atomic E-state index is 0.199. The van der Waals surface area contributed by atoms with Gasteiger partial charge in [0.05, 0.1) is 5.69 Å². The Labute approximate surface area is 80.3 Å². The van der Waals surface area contributed by atoms with Crippen LogP contribution in [-0.2, 0) is 4.79 Å². The van der Waals surface area contributed by atoms with Gasteiger partial charge in [-0.3, -0.25) is 0 Å². The summed E-state index contributed by atoms with van der Waals surface area (Å²) in [7, 11) is 0. The van der Waals surface area contributed by atoms with Crippen LogP contribution in [-0.4, -0.2) is 11.2 Å². The van der Waals surface area contributed by atoms with Gasteiger partial charge in [-0.15, -0.1) is 0 Å². The molecule has 0 radical (unpaired) electrons. The Balaban J connectivity index is 2.81. The smallest absolute Gasteiger partial charge is 0.240 e. The third-order valence-electron chi connectivity index (χ3n) is 2.01. The first-order valence-electron chi connectivity index (χ1n) is 4.11. The normalized spacial score (nSPS) is 9.71. The van der Waals surface area contributed by atoms with Crippen molar-refractivity contribution in [1.29, 1.82) is 0 Å². The second-order valence-electron chi connectivity index (χ2n) is 2.89. The van der Waals surface area contributed by atoms with Crippen molar-refractivity contribution >= 4 is 22.5 Å². The van der Waals surface area contributed by atoms with Gasteiger partial charge in [-0.1, -0.05) is 12.1 Å².